The molecule has 3 atom stereocenters. The zero-order valence-corrected chi connectivity index (χ0v) is 18.5. The van der Waals surface area contributed by atoms with E-state index in [4.69, 9.17) is 14.0 Å². The average molecular weight is 454 g/mol. The Kier molecular flexibility index (Phi) is 6.59. The third-order valence-electron chi connectivity index (χ3n) is 5.43. The molecule has 0 spiro atoms. The highest BCUT2D eigenvalue weighted by Crippen LogP contribution is 2.45. The Morgan fingerprint density at radius 2 is 2.10 bits per heavy atom. The molecule has 1 fully saturated rings. The van der Waals surface area contributed by atoms with Crippen LogP contribution in [0.25, 0.3) is 0 Å². The second kappa shape index (κ2) is 8.72. The highest BCUT2D eigenvalue weighted by Gasteiger charge is 2.50. The summed E-state index contributed by atoms with van der Waals surface area (Å²) in [6.07, 6.45) is -1.05. The topological polar surface area (TPSA) is 140 Å². The standard InChI is InChI=1S/C20H27N3O7S/c1-20(2)19(30-31(3,27)28)18(15-8-13(9-21)4-5-16(15)29-20)23-7-6-22(11-17(23)26)10-14(25)12-24/h4-5,8,14,18-19,24-25H,6-7,10-12H2,1-3H3/t14?,18-,19+/m1/s1. The Morgan fingerprint density at radius 1 is 1.39 bits per heavy atom. The van der Waals surface area contributed by atoms with Gasteiger partial charge in [0.05, 0.1) is 43.2 Å². The van der Waals surface area contributed by atoms with E-state index in [2.05, 4.69) is 6.07 Å². The van der Waals surface area contributed by atoms with Crippen LogP contribution in [0.15, 0.2) is 18.2 Å². The molecule has 10 nitrogen and oxygen atoms in total. The van der Waals surface area contributed by atoms with Gasteiger partial charge in [-0.3, -0.25) is 13.9 Å². The van der Waals surface area contributed by atoms with Gasteiger partial charge >= 0.3 is 0 Å². The molecule has 1 aromatic carbocycles. The zero-order chi connectivity index (χ0) is 23.0. The molecule has 0 aromatic heterocycles. The molecule has 0 saturated carbocycles. The first-order chi connectivity index (χ1) is 14.4. The lowest BCUT2D eigenvalue weighted by Crippen LogP contribution is -2.60. The van der Waals surface area contributed by atoms with Gasteiger partial charge in [-0.2, -0.15) is 13.7 Å². The van der Waals surface area contributed by atoms with Crippen LogP contribution >= 0.6 is 0 Å². The van der Waals surface area contributed by atoms with E-state index in [9.17, 15) is 23.6 Å². The molecule has 1 aromatic rings. The molecule has 0 radical (unpaired) electrons. The normalized spacial score (nSPS) is 24.8. The van der Waals surface area contributed by atoms with E-state index in [0.29, 0.717) is 23.4 Å². The number of nitrogens with zero attached hydrogens (tertiary/aromatic N) is 3. The maximum Gasteiger partial charge on any atom is 0.264 e. The minimum atomic E-state index is -3.89. The highest BCUT2D eigenvalue weighted by molar-refractivity contribution is 7.86. The highest BCUT2D eigenvalue weighted by atomic mass is 32.2. The molecule has 2 aliphatic heterocycles. The van der Waals surface area contributed by atoms with Crippen molar-refractivity contribution in [2.45, 2.75) is 37.7 Å². The number of ether oxygens (including phenoxy) is 1. The number of carbonyl (C=O) groups excluding carboxylic acids is 1. The molecule has 2 heterocycles. The fourth-order valence-electron chi connectivity index (χ4n) is 4.06. The second-order valence-corrected chi connectivity index (χ2v) is 10.00. The van der Waals surface area contributed by atoms with Crippen molar-refractivity contribution in [1.29, 1.82) is 5.26 Å². The predicted octanol–water partition coefficient (Wildman–Crippen LogP) is -0.387. The molecule has 0 aliphatic carbocycles. The summed E-state index contributed by atoms with van der Waals surface area (Å²) < 4.78 is 35.5. The Balaban J connectivity index is 2.01. The first kappa shape index (κ1) is 23.4. The van der Waals surface area contributed by atoms with Crippen LogP contribution in [0, 0.1) is 11.3 Å². The van der Waals surface area contributed by atoms with Crippen LogP contribution in [-0.4, -0.2) is 91.2 Å². The summed E-state index contributed by atoms with van der Waals surface area (Å²) in [6, 6.07) is 6.08. The Morgan fingerprint density at radius 3 is 2.68 bits per heavy atom. The minimum absolute atomic E-state index is 0.00624. The van der Waals surface area contributed by atoms with Gasteiger partial charge in [-0.1, -0.05) is 0 Å². The van der Waals surface area contributed by atoms with Crippen LogP contribution in [-0.2, 0) is 19.1 Å². The summed E-state index contributed by atoms with van der Waals surface area (Å²) in [5.74, 6) is 0.169. The molecule has 2 aliphatic rings. The summed E-state index contributed by atoms with van der Waals surface area (Å²) in [5, 5.41) is 28.1. The minimum Gasteiger partial charge on any atom is -0.485 e. The summed E-state index contributed by atoms with van der Waals surface area (Å²) in [4.78, 5) is 16.4. The van der Waals surface area contributed by atoms with E-state index >= 15 is 0 Å². The number of benzene rings is 1. The van der Waals surface area contributed by atoms with Gasteiger partial charge < -0.3 is 19.8 Å². The van der Waals surface area contributed by atoms with Crippen molar-refractivity contribution in [2.24, 2.45) is 0 Å². The number of fused-ring (bicyclic) bond motifs is 1. The summed E-state index contributed by atoms with van der Waals surface area (Å²) in [5.41, 5.74) is -0.231. The lowest BCUT2D eigenvalue weighted by atomic mass is 9.84. The Labute approximate surface area is 181 Å². The second-order valence-electron chi connectivity index (χ2n) is 8.39. The van der Waals surface area contributed by atoms with E-state index in [-0.39, 0.29) is 25.5 Å². The van der Waals surface area contributed by atoms with Crippen molar-refractivity contribution >= 4 is 16.0 Å². The van der Waals surface area contributed by atoms with Crippen molar-refractivity contribution in [2.75, 3.05) is 39.0 Å². The van der Waals surface area contributed by atoms with E-state index in [1.807, 2.05) is 0 Å². The lowest BCUT2D eigenvalue weighted by Gasteiger charge is -2.49. The van der Waals surface area contributed by atoms with Crippen LogP contribution in [0.2, 0.25) is 0 Å². The van der Waals surface area contributed by atoms with Crippen molar-refractivity contribution in [3.8, 4) is 11.8 Å². The van der Waals surface area contributed by atoms with Crippen LogP contribution in [0.1, 0.15) is 31.0 Å². The van der Waals surface area contributed by atoms with E-state index in [1.54, 1.807) is 41.8 Å². The Bertz CT molecular complexity index is 989. The number of β-amino-alcohol motifs (C(OH)–C–C–N with tert-alkyl or cyclic N) is 1. The van der Waals surface area contributed by atoms with Crippen molar-refractivity contribution in [1.82, 2.24) is 9.80 Å². The molecule has 2 N–H and O–H groups in total. The maximum atomic E-state index is 13.1. The number of piperazine rings is 1. The van der Waals surface area contributed by atoms with Crippen molar-refractivity contribution in [3.63, 3.8) is 0 Å². The monoisotopic (exact) mass is 453 g/mol. The molecular weight excluding hydrogens is 426 g/mol. The number of hydrogen-bond donors (Lipinski definition) is 2. The molecule has 0 bridgehead atoms. The quantitative estimate of drug-likeness (QED) is 0.551. The van der Waals surface area contributed by atoms with Crippen LogP contribution in [0.4, 0.5) is 0 Å². The van der Waals surface area contributed by atoms with Crippen molar-refractivity contribution in [3.05, 3.63) is 29.3 Å². The number of rotatable bonds is 6. The average Bonchev–Trinajstić information content (AvgIpc) is 2.68. The van der Waals surface area contributed by atoms with E-state index in [1.165, 1.54) is 0 Å². The molecule has 170 valence electrons. The van der Waals surface area contributed by atoms with Crippen molar-refractivity contribution < 1.29 is 32.3 Å². The van der Waals surface area contributed by atoms with Gasteiger partial charge in [0.15, 0.2) is 0 Å². The SMILES string of the molecule is CC1(C)Oc2ccc(C#N)cc2[C@@H](N2CCN(CC(O)CO)CC2=O)[C@@H]1OS(C)(=O)=O. The van der Waals surface area contributed by atoms with Gasteiger partial charge in [0.2, 0.25) is 5.91 Å². The number of hydrogen-bond acceptors (Lipinski definition) is 9. The molecule has 11 heteroatoms. The van der Waals surface area contributed by atoms with E-state index in [0.717, 1.165) is 6.26 Å². The summed E-state index contributed by atoms with van der Waals surface area (Å²) >= 11 is 0. The largest absolute Gasteiger partial charge is 0.485 e. The number of aliphatic hydroxyl groups excluding tert-OH is 2. The first-order valence-corrected chi connectivity index (χ1v) is 11.7. The van der Waals surface area contributed by atoms with Crippen LogP contribution in [0.5, 0.6) is 5.75 Å². The number of carbonyl (C=O) groups is 1. The van der Waals surface area contributed by atoms with Gasteiger partial charge in [0.25, 0.3) is 10.1 Å². The fraction of sp³-hybridized carbons (Fsp3) is 0.600. The molecule has 1 amide bonds. The molecule has 3 rings (SSSR count). The number of amides is 1. The van der Waals surface area contributed by atoms with Gasteiger partial charge in [-0.25, -0.2) is 0 Å². The van der Waals surface area contributed by atoms with Gasteiger partial charge in [0.1, 0.15) is 17.5 Å². The Hall–Kier alpha value is -2.23. The molecular formula is C20H27N3O7S. The molecule has 31 heavy (non-hydrogen) atoms. The van der Waals surface area contributed by atoms with Gasteiger partial charge in [0, 0.05) is 25.2 Å². The lowest BCUT2D eigenvalue weighted by molar-refractivity contribution is -0.148. The first-order valence-electron chi connectivity index (χ1n) is 9.87. The third-order valence-corrected chi connectivity index (χ3v) is 5.99. The number of aliphatic hydroxyl groups is 2. The van der Waals surface area contributed by atoms with Crippen LogP contribution < -0.4 is 4.74 Å². The zero-order valence-electron chi connectivity index (χ0n) is 17.7. The summed E-state index contributed by atoms with van der Waals surface area (Å²) in [6.45, 7) is 3.78. The van der Waals surface area contributed by atoms with Crippen LogP contribution in [0.3, 0.4) is 0 Å². The van der Waals surface area contributed by atoms with Gasteiger partial charge in [-0.05, 0) is 32.0 Å². The van der Waals surface area contributed by atoms with E-state index < -0.39 is 40.6 Å². The fourth-order valence-corrected chi connectivity index (χ4v) is 4.77. The maximum absolute atomic E-state index is 13.1. The van der Waals surface area contributed by atoms with Gasteiger partial charge in [-0.15, -0.1) is 0 Å². The molecule has 1 saturated heterocycles. The summed E-state index contributed by atoms with van der Waals surface area (Å²) in [7, 11) is -3.89. The smallest absolute Gasteiger partial charge is 0.264 e. The third kappa shape index (κ3) is 5.16. The predicted molar refractivity (Wildman–Crippen MR) is 110 cm³/mol. The number of nitriles is 1. The molecule has 1 unspecified atom stereocenters.